The summed E-state index contributed by atoms with van der Waals surface area (Å²) in [5.41, 5.74) is 0. The van der Waals surface area contributed by atoms with Crippen molar-refractivity contribution >= 4 is 11.8 Å². The Morgan fingerprint density at radius 1 is 1.50 bits per heavy atom. The van der Waals surface area contributed by atoms with E-state index in [4.69, 9.17) is 0 Å². The van der Waals surface area contributed by atoms with Crippen LogP contribution in [0.25, 0.3) is 0 Å². The minimum Gasteiger partial charge on any atom is -0.355 e. The topological polar surface area (TPSA) is 91.0 Å². The summed E-state index contributed by atoms with van der Waals surface area (Å²) in [6.45, 7) is 2.39. The highest BCUT2D eigenvalue weighted by Gasteiger charge is 2.28. The predicted octanol–water partition coefficient (Wildman–Crippen LogP) is -0.110. The van der Waals surface area contributed by atoms with Crippen LogP contribution in [0.15, 0.2) is 0 Å². The Kier molecular flexibility index (Phi) is 3.59. The average molecular weight is 251 g/mol. The zero-order chi connectivity index (χ0) is 13.1. The molecule has 1 aliphatic rings. The Bertz CT molecular complexity index is 452. The number of nitrogens with one attached hydrogen (secondary N) is 2. The third-order valence-electron chi connectivity index (χ3n) is 2.76. The summed E-state index contributed by atoms with van der Waals surface area (Å²) in [4.78, 5) is 28.8. The standard InChI is InChI=1S/C11H17N5O2/c1-3-12-8(17)6-16(2)11(18)10-13-9(14-15-10)7-4-5-7/h7H,3-6H2,1-2H3,(H,12,17)(H,13,14,15). The van der Waals surface area contributed by atoms with Crippen LogP contribution in [-0.4, -0.2) is 52.0 Å². The molecule has 2 amide bonds. The van der Waals surface area contributed by atoms with Crippen molar-refractivity contribution in [1.82, 2.24) is 25.4 Å². The number of hydrogen-bond acceptors (Lipinski definition) is 4. The maximum atomic E-state index is 11.9. The molecule has 0 aliphatic heterocycles. The largest absolute Gasteiger partial charge is 0.355 e. The van der Waals surface area contributed by atoms with Gasteiger partial charge in [0.15, 0.2) is 0 Å². The molecule has 7 heteroatoms. The van der Waals surface area contributed by atoms with Crippen molar-refractivity contribution in [2.75, 3.05) is 20.1 Å². The molecule has 2 rings (SSSR count). The van der Waals surface area contributed by atoms with Crippen molar-refractivity contribution in [2.45, 2.75) is 25.7 Å². The number of carbonyl (C=O) groups is 2. The van der Waals surface area contributed by atoms with Gasteiger partial charge in [0.1, 0.15) is 5.82 Å². The van der Waals surface area contributed by atoms with Gasteiger partial charge in [0.05, 0.1) is 6.54 Å². The van der Waals surface area contributed by atoms with Crippen LogP contribution in [0.5, 0.6) is 0 Å². The highest BCUT2D eigenvalue weighted by Crippen LogP contribution is 2.37. The summed E-state index contributed by atoms with van der Waals surface area (Å²) in [6.07, 6.45) is 2.19. The fourth-order valence-corrected chi connectivity index (χ4v) is 1.62. The Morgan fingerprint density at radius 3 is 2.83 bits per heavy atom. The SMILES string of the molecule is CCNC(=O)CN(C)C(=O)c1n[nH]c(C2CC2)n1. The van der Waals surface area contributed by atoms with Crippen LogP contribution in [0.2, 0.25) is 0 Å². The van der Waals surface area contributed by atoms with E-state index < -0.39 is 0 Å². The van der Waals surface area contributed by atoms with Crippen LogP contribution in [-0.2, 0) is 4.79 Å². The normalized spacial score (nSPS) is 14.3. The van der Waals surface area contributed by atoms with Crippen LogP contribution < -0.4 is 5.32 Å². The number of likely N-dealkylation sites (N-methyl/N-ethyl adjacent to an activating group) is 2. The lowest BCUT2D eigenvalue weighted by molar-refractivity contribution is -0.121. The lowest BCUT2D eigenvalue weighted by Crippen LogP contribution is -2.38. The first kappa shape index (κ1) is 12.5. The van der Waals surface area contributed by atoms with E-state index in [1.165, 1.54) is 4.90 Å². The second-order valence-electron chi connectivity index (χ2n) is 4.43. The second kappa shape index (κ2) is 5.16. The number of amides is 2. The van der Waals surface area contributed by atoms with Crippen molar-refractivity contribution in [2.24, 2.45) is 0 Å². The van der Waals surface area contributed by atoms with Crippen molar-refractivity contribution in [3.05, 3.63) is 11.6 Å². The number of H-pyrrole nitrogens is 1. The number of aromatic nitrogens is 3. The Labute approximate surface area is 105 Å². The summed E-state index contributed by atoms with van der Waals surface area (Å²) in [6, 6.07) is 0. The molecule has 1 heterocycles. The molecule has 2 N–H and O–H groups in total. The molecule has 0 aromatic carbocycles. The van der Waals surface area contributed by atoms with Gasteiger partial charge in [-0.1, -0.05) is 0 Å². The maximum absolute atomic E-state index is 11.9. The smallest absolute Gasteiger partial charge is 0.293 e. The third-order valence-corrected chi connectivity index (χ3v) is 2.76. The number of carbonyl (C=O) groups excluding carboxylic acids is 2. The van der Waals surface area contributed by atoms with Gasteiger partial charge in [-0.15, -0.1) is 5.10 Å². The van der Waals surface area contributed by atoms with Gasteiger partial charge in [-0.25, -0.2) is 4.98 Å². The summed E-state index contributed by atoms with van der Waals surface area (Å²) in [5, 5.41) is 9.30. The molecule has 0 saturated heterocycles. The number of nitrogens with zero attached hydrogens (tertiary/aromatic N) is 3. The fourth-order valence-electron chi connectivity index (χ4n) is 1.62. The highest BCUT2D eigenvalue weighted by molar-refractivity contribution is 5.93. The molecule has 1 aromatic heterocycles. The van der Waals surface area contributed by atoms with Crippen molar-refractivity contribution in [3.63, 3.8) is 0 Å². The van der Waals surface area contributed by atoms with E-state index in [-0.39, 0.29) is 24.2 Å². The van der Waals surface area contributed by atoms with E-state index in [2.05, 4.69) is 20.5 Å². The average Bonchev–Trinajstić information content (AvgIpc) is 3.06. The minimum atomic E-state index is -0.343. The Hall–Kier alpha value is -1.92. The summed E-state index contributed by atoms with van der Waals surface area (Å²) < 4.78 is 0. The van der Waals surface area contributed by atoms with Gasteiger partial charge in [-0.2, -0.15) is 0 Å². The molecule has 1 aliphatic carbocycles. The molecule has 0 radical (unpaired) electrons. The van der Waals surface area contributed by atoms with Gasteiger partial charge < -0.3 is 10.2 Å². The van der Waals surface area contributed by atoms with Crippen LogP contribution in [0.3, 0.4) is 0 Å². The molecule has 7 nitrogen and oxygen atoms in total. The number of rotatable bonds is 5. The third kappa shape index (κ3) is 2.85. The Morgan fingerprint density at radius 2 is 2.22 bits per heavy atom. The minimum absolute atomic E-state index is 0.0139. The first-order valence-corrected chi connectivity index (χ1v) is 6.06. The number of aromatic amines is 1. The molecule has 18 heavy (non-hydrogen) atoms. The molecule has 0 atom stereocenters. The van der Waals surface area contributed by atoms with Crippen molar-refractivity contribution in [3.8, 4) is 0 Å². The van der Waals surface area contributed by atoms with E-state index >= 15 is 0 Å². The molecule has 0 bridgehead atoms. The van der Waals surface area contributed by atoms with Crippen molar-refractivity contribution in [1.29, 1.82) is 0 Å². The summed E-state index contributed by atoms with van der Waals surface area (Å²) in [5.74, 6) is 0.789. The van der Waals surface area contributed by atoms with E-state index in [1.807, 2.05) is 6.92 Å². The van der Waals surface area contributed by atoms with Crippen LogP contribution in [0.1, 0.15) is 42.1 Å². The van der Waals surface area contributed by atoms with E-state index in [0.717, 1.165) is 18.7 Å². The summed E-state index contributed by atoms with van der Waals surface area (Å²) >= 11 is 0. The zero-order valence-electron chi connectivity index (χ0n) is 10.6. The first-order valence-electron chi connectivity index (χ1n) is 6.06. The molecule has 0 unspecified atom stereocenters. The van der Waals surface area contributed by atoms with Gasteiger partial charge in [-0.05, 0) is 19.8 Å². The molecule has 1 saturated carbocycles. The first-order chi connectivity index (χ1) is 8.61. The lowest BCUT2D eigenvalue weighted by Gasteiger charge is -2.14. The van der Waals surface area contributed by atoms with Gasteiger partial charge >= 0.3 is 0 Å². The molecule has 1 aromatic rings. The van der Waals surface area contributed by atoms with E-state index in [1.54, 1.807) is 7.05 Å². The molecule has 1 fully saturated rings. The van der Waals surface area contributed by atoms with Gasteiger partial charge in [0.2, 0.25) is 11.7 Å². The summed E-state index contributed by atoms with van der Waals surface area (Å²) in [7, 11) is 1.56. The van der Waals surface area contributed by atoms with Crippen molar-refractivity contribution < 1.29 is 9.59 Å². The van der Waals surface area contributed by atoms with Crippen LogP contribution >= 0.6 is 0 Å². The van der Waals surface area contributed by atoms with Crippen LogP contribution in [0.4, 0.5) is 0 Å². The highest BCUT2D eigenvalue weighted by atomic mass is 16.2. The maximum Gasteiger partial charge on any atom is 0.293 e. The molecular weight excluding hydrogens is 234 g/mol. The number of hydrogen-bond donors (Lipinski definition) is 2. The monoisotopic (exact) mass is 251 g/mol. The Balaban J connectivity index is 1.94. The quantitative estimate of drug-likeness (QED) is 0.764. The zero-order valence-corrected chi connectivity index (χ0v) is 10.6. The van der Waals surface area contributed by atoms with E-state index in [0.29, 0.717) is 12.5 Å². The lowest BCUT2D eigenvalue weighted by atomic mass is 10.4. The van der Waals surface area contributed by atoms with Crippen LogP contribution in [0, 0.1) is 0 Å². The fraction of sp³-hybridized carbons (Fsp3) is 0.636. The molecule has 0 spiro atoms. The predicted molar refractivity (Wildman–Crippen MR) is 64.0 cm³/mol. The van der Waals surface area contributed by atoms with Gasteiger partial charge in [0, 0.05) is 19.5 Å². The molecule has 98 valence electrons. The van der Waals surface area contributed by atoms with Gasteiger partial charge in [-0.3, -0.25) is 14.7 Å². The van der Waals surface area contributed by atoms with Gasteiger partial charge in [0.25, 0.3) is 5.91 Å². The van der Waals surface area contributed by atoms with E-state index in [9.17, 15) is 9.59 Å². The molecular formula is C11H17N5O2. The second-order valence-corrected chi connectivity index (χ2v) is 4.43.